The highest BCUT2D eigenvalue weighted by Crippen LogP contribution is 2.28. The molecule has 0 radical (unpaired) electrons. The topological polar surface area (TPSA) is 41.5 Å². The molecule has 0 aliphatic heterocycles. The van der Waals surface area contributed by atoms with Crippen LogP contribution in [0.15, 0.2) is 12.1 Å². The molecule has 17 heavy (non-hydrogen) atoms. The van der Waals surface area contributed by atoms with Gasteiger partial charge >= 0.3 is 0 Å². The fourth-order valence-electron chi connectivity index (χ4n) is 1.60. The maximum Gasteiger partial charge on any atom is 0.122 e. The van der Waals surface area contributed by atoms with E-state index in [4.69, 9.17) is 4.74 Å². The van der Waals surface area contributed by atoms with E-state index in [0.29, 0.717) is 0 Å². The maximum atomic E-state index is 9.22. The Bertz CT molecular complexity index is 386. The predicted octanol–water partition coefficient (Wildman–Crippen LogP) is 2.74. The van der Waals surface area contributed by atoms with E-state index in [0.717, 1.165) is 23.5 Å². The number of hydrogen-bond donors (Lipinski definition) is 2. The lowest BCUT2D eigenvalue weighted by atomic mass is 9.94. The number of ether oxygens (including phenoxy) is 1. The lowest BCUT2D eigenvalue weighted by Gasteiger charge is -2.24. The first-order valence-electron chi connectivity index (χ1n) is 5.90. The Labute approximate surface area is 104 Å². The highest BCUT2D eigenvalue weighted by molar-refractivity contribution is 5.58. The van der Waals surface area contributed by atoms with Crippen LogP contribution in [-0.2, 0) is 0 Å². The SMILES string of the molecule is COc1ccc(NCC(C)(C)CO)c(C)c1C. The molecule has 1 aromatic rings. The van der Waals surface area contributed by atoms with Gasteiger partial charge < -0.3 is 15.2 Å². The number of anilines is 1. The fourth-order valence-corrected chi connectivity index (χ4v) is 1.60. The van der Waals surface area contributed by atoms with Crippen LogP contribution in [0.2, 0.25) is 0 Å². The smallest absolute Gasteiger partial charge is 0.122 e. The van der Waals surface area contributed by atoms with Gasteiger partial charge in [-0.3, -0.25) is 0 Å². The largest absolute Gasteiger partial charge is 0.496 e. The van der Waals surface area contributed by atoms with Crippen LogP contribution in [0.4, 0.5) is 5.69 Å². The van der Waals surface area contributed by atoms with Gasteiger partial charge in [-0.25, -0.2) is 0 Å². The molecule has 3 heteroatoms. The molecule has 0 unspecified atom stereocenters. The molecule has 0 aliphatic carbocycles. The third-order valence-corrected chi connectivity index (χ3v) is 3.14. The van der Waals surface area contributed by atoms with Crippen molar-refractivity contribution in [2.75, 3.05) is 25.6 Å². The summed E-state index contributed by atoms with van der Waals surface area (Å²) in [7, 11) is 1.68. The van der Waals surface area contributed by atoms with Crippen LogP contribution in [0.1, 0.15) is 25.0 Å². The van der Waals surface area contributed by atoms with Crippen LogP contribution in [0.5, 0.6) is 5.75 Å². The zero-order chi connectivity index (χ0) is 13.1. The second kappa shape index (κ2) is 5.41. The Morgan fingerprint density at radius 2 is 1.88 bits per heavy atom. The molecule has 3 nitrogen and oxygen atoms in total. The number of nitrogens with one attached hydrogen (secondary N) is 1. The highest BCUT2D eigenvalue weighted by Gasteiger charge is 2.16. The van der Waals surface area contributed by atoms with Gasteiger partial charge in [0.05, 0.1) is 7.11 Å². The summed E-state index contributed by atoms with van der Waals surface area (Å²) in [6, 6.07) is 3.99. The van der Waals surface area contributed by atoms with Gasteiger partial charge in [0.2, 0.25) is 0 Å². The summed E-state index contributed by atoms with van der Waals surface area (Å²) in [6.07, 6.45) is 0. The molecule has 0 amide bonds. The molecule has 0 bridgehead atoms. The summed E-state index contributed by atoms with van der Waals surface area (Å²) >= 11 is 0. The van der Waals surface area contributed by atoms with Crippen molar-refractivity contribution >= 4 is 5.69 Å². The second-order valence-corrected chi connectivity index (χ2v) is 5.24. The summed E-state index contributed by atoms with van der Waals surface area (Å²) in [4.78, 5) is 0. The van der Waals surface area contributed by atoms with Crippen LogP contribution < -0.4 is 10.1 Å². The van der Waals surface area contributed by atoms with Gasteiger partial charge in [-0.05, 0) is 37.1 Å². The zero-order valence-corrected chi connectivity index (χ0v) is 11.4. The monoisotopic (exact) mass is 237 g/mol. The molecule has 1 aromatic carbocycles. The molecule has 96 valence electrons. The first kappa shape index (κ1) is 13.8. The van der Waals surface area contributed by atoms with Crippen LogP contribution >= 0.6 is 0 Å². The van der Waals surface area contributed by atoms with Crippen LogP contribution in [0, 0.1) is 19.3 Å². The van der Waals surface area contributed by atoms with E-state index in [9.17, 15) is 5.11 Å². The molecule has 0 saturated carbocycles. The van der Waals surface area contributed by atoms with Crippen molar-refractivity contribution in [3.05, 3.63) is 23.3 Å². The maximum absolute atomic E-state index is 9.22. The van der Waals surface area contributed by atoms with Gasteiger partial charge in [-0.2, -0.15) is 0 Å². The van der Waals surface area contributed by atoms with Crippen molar-refractivity contribution < 1.29 is 9.84 Å². The molecular formula is C14H23NO2. The van der Waals surface area contributed by atoms with E-state index in [1.807, 2.05) is 26.0 Å². The molecule has 0 atom stereocenters. The van der Waals surface area contributed by atoms with Crippen molar-refractivity contribution in [2.24, 2.45) is 5.41 Å². The summed E-state index contributed by atoms with van der Waals surface area (Å²) in [5, 5.41) is 12.6. The summed E-state index contributed by atoms with van der Waals surface area (Å²) < 4.78 is 5.28. The van der Waals surface area contributed by atoms with Gasteiger partial charge in [0.25, 0.3) is 0 Å². The van der Waals surface area contributed by atoms with Crippen molar-refractivity contribution in [1.29, 1.82) is 0 Å². The van der Waals surface area contributed by atoms with Gasteiger partial charge in [-0.1, -0.05) is 13.8 Å². The Morgan fingerprint density at radius 1 is 1.24 bits per heavy atom. The Hall–Kier alpha value is -1.22. The lowest BCUT2D eigenvalue weighted by Crippen LogP contribution is -2.27. The van der Waals surface area contributed by atoms with E-state index >= 15 is 0 Å². The number of hydrogen-bond acceptors (Lipinski definition) is 3. The van der Waals surface area contributed by atoms with Gasteiger partial charge in [0.15, 0.2) is 0 Å². The van der Waals surface area contributed by atoms with Crippen molar-refractivity contribution in [2.45, 2.75) is 27.7 Å². The molecule has 2 N–H and O–H groups in total. The summed E-state index contributed by atoms with van der Waals surface area (Å²) in [5.74, 6) is 0.912. The van der Waals surface area contributed by atoms with E-state index in [2.05, 4.69) is 19.2 Å². The van der Waals surface area contributed by atoms with Crippen molar-refractivity contribution in [3.63, 3.8) is 0 Å². The third kappa shape index (κ3) is 3.37. The number of rotatable bonds is 5. The van der Waals surface area contributed by atoms with E-state index in [1.54, 1.807) is 7.11 Å². The minimum atomic E-state index is -0.111. The number of methoxy groups -OCH3 is 1. The standard InChI is InChI=1S/C14H23NO2/c1-10-11(2)13(17-5)7-6-12(10)15-8-14(3,4)9-16/h6-7,15-16H,8-9H2,1-5H3. The van der Waals surface area contributed by atoms with Gasteiger partial charge in [0.1, 0.15) is 5.75 Å². The Kier molecular flexibility index (Phi) is 4.40. The fraction of sp³-hybridized carbons (Fsp3) is 0.571. The first-order chi connectivity index (χ1) is 7.91. The average Bonchev–Trinajstić information content (AvgIpc) is 2.31. The molecule has 0 spiro atoms. The zero-order valence-electron chi connectivity index (χ0n) is 11.4. The Balaban J connectivity index is 2.83. The lowest BCUT2D eigenvalue weighted by molar-refractivity contribution is 0.171. The predicted molar refractivity (Wildman–Crippen MR) is 71.8 cm³/mol. The van der Waals surface area contributed by atoms with Gasteiger partial charge in [-0.15, -0.1) is 0 Å². The van der Waals surface area contributed by atoms with Crippen LogP contribution in [0.3, 0.4) is 0 Å². The van der Waals surface area contributed by atoms with Crippen molar-refractivity contribution in [1.82, 2.24) is 0 Å². The quantitative estimate of drug-likeness (QED) is 0.827. The second-order valence-electron chi connectivity index (χ2n) is 5.24. The molecule has 0 saturated heterocycles. The van der Waals surface area contributed by atoms with Gasteiger partial charge in [0, 0.05) is 24.3 Å². The molecule has 0 heterocycles. The Morgan fingerprint density at radius 3 is 2.41 bits per heavy atom. The summed E-state index contributed by atoms with van der Waals surface area (Å²) in [5.41, 5.74) is 3.34. The highest BCUT2D eigenvalue weighted by atomic mass is 16.5. The number of benzene rings is 1. The van der Waals surface area contributed by atoms with Crippen LogP contribution in [0.25, 0.3) is 0 Å². The summed E-state index contributed by atoms with van der Waals surface area (Å²) in [6.45, 7) is 9.12. The molecular weight excluding hydrogens is 214 g/mol. The van der Waals surface area contributed by atoms with E-state index < -0.39 is 0 Å². The van der Waals surface area contributed by atoms with Crippen molar-refractivity contribution in [3.8, 4) is 5.75 Å². The van der Waals surface area contributed by atoms with E-state index in [1.165, 1.54) is 5.56 Å². The minimum absolute atomic E-state index is 0.111. The minimum Gasteiger partial charge on any atom is -0.496 e. The number of aliphatic hydroxyl groups is 1. The molecule has 0 aliphatic rings. The normalized spacial score (nSPS) is 11.4. The number of aliphatic hydroxyl groups excluding tert-OH is 1. The molecule has 1 rings (SSSR count). The molecule has 0 aromatic heterocycles. The molecule has 0 fully saturated rings. The average molecular weight is 237 g/mol. The van der Waals surface area contributed by atoms with Crippen LogP contribution in [-0.4, -0.2) is 25.4 Å². The first-order valence-corrected chi connectivity index (χ1v) is 5.90. The van der Waals surface area contributed by atoms with E-state index in [-0.39, 0.29) is 12.0 Å². The third-order valence-electron chi connectivity index (χ3n) is 3.14.